The zero-order valence-electron chi connectivity index (χ0n) is 14.7. The van der Waals surface area contributed by atoms with E-state index in [1.165, 1.54) is 0 Å². The van der Waals surface area contributed by atoms with Crippen LogP contribution < -0.4 is 5.19 Å². The molecule has 10 heteroatoms. The van der Waals surface area contributed by atoms with Gasteiger partial charge in [0.15, 0.2) is 17.3 Å². The molecule has 0 bridgehead atoms. The second-order valence-corrected chi connectivity index (χ2v) is 13.3. The van der Waals surface area contributed by atoms with E-state index in [0.29, 0.717) is 0 Å². The van der Waals surface area contributed by atoms with Crippen LogP contribution in [0.15, 0.2) is 6.33 Å². The van der Waals surface area contributed by atoms with Crippen LogP contribution in [0.4, 0.5) is 13.2 Å². The highest BCUT2D eigenvalue weighted by Gasteiger charge is 2.44. The summed E-state index contributed by atoms with van der Waals surface area (Å²) in [6.45, 7) is 8.78. The molecule has 0 aliphatic heterocycles. The molecule has 0 aromatic carbocycles. The maximum Gasteiger partial charge on any atom is 0.249 e. The lowest BCUT2D eigenvalue weighted by Gasteiger charge is -2.37. The standard InChI is InChI=1S/C16H16Cl2F3N3OSi/c1-16(2,3)26(4,5)12-8(19)10(24-15(21)9(12)20)11(25)7-13(17)22-6-23-14(7)18/h6H,1-5H3. The van der Waals surface area contributed by atoms with Crippen molar-refractivity contribution in [3.8, 4) is 0 Å². The molecule has 2 heterocycles. The molecule has 0 radical (unpaired) electrons. The van der Waals surface area contributed by atoms with Gasteiger partial charge in [0.05, 0.1) is 13.6 Å². The molecule has 0 aliphatic carbocycles. The average molecular weight is 422 g/mol. The number of carbonyl (C=O) groups excluding carboxylic acids is 1. The van der Waals surface area contributed by atoms with Crippen LogP contribution in [0.2, 0.25) is 28.4 Å². The van der Waals surface area contributed by atoms with E-state index in [0.717, 1.165) is 6.33 Å². The number of nitrogens with zero attached hydrogens (tertiary/aromatic N) is 3. The van der Waals surface area contributed by atoms with Gasteiger partial charge in [0.25, 0.3) is 0 Å². The third-order valence-corrected chi connectivity index (χ3v) is 10.7. The number of rotatable bonds is 3. The predicted molar refractivity (Wildman–Crippen MR) is 96.4 cm³/mol. The molecule has 0 aliphatic rings. The zero-order chi connectivity index (χ0) is 20.0. The van der Waals surface area contributed by atoms with Gasteiger partial charge in [-0.25, -0.2) is 23.7 Å². The summed E-state index contributed by atoms with van der Waals surface area (Å²) in [5, 5.41) is -1.64. The fourth-order valence-electron chi connectivity index (χ4n) is 2.24. The van der Waals surface area contributed by atoms with Crippen molar-refractivity contribution in [2.24, 2.45) is 0 Å². The van der Waals surface area contributed by atoms with Crippen LogP contribution in [0.3, 0.4) is 0 Å². The van der Waals surface area contributed by atoms with Crippen molar-refractivity contribution in [1.29, 1.82) is 0 Å². The van der Waals surface area contributed by atoms with Crippen molar-refractivity contribution in [3.05, 3.63) is 45.5 Å². The molecule has 0 atom stereocenters. The highest BCUT2D eigenvalue weighted by atomic mass is 35.5. The van der Waals surface area contributed by atoms with E-state index < -0.39 is 52.9 Å². The normalized spacial score (nSPS) is 12.4. The molecule has 26 heavy (non-hydrogen) atoms. The minimum Gasteiger partial charge on any atom is -0.286 e. The number of pyridine rings is 1. The molecule has 140 valence electrons. The smallest absolute Gasteiger partial charge is 0.249 e. The zero-order valence-corrected chi connectivity index (χ0v) is 17.2. The van der Waals surface area contributed by atoms with Gasteiger partial charge >= 0.3 is 0 Å². The second-order valence-electron chi connectivity index (χ2n) is 7.29. The van der Waals surface area contributed by atoms with E-state index >= 15 is 4.39 Å². The third kappa shape index (κ3) is 3.37. The number of hydrogen-bond donors (Lipinski definition) is 0. The minimum absolute atomic E-state index is 0.338. The van der Waals surface area contributed by atoms with Crippen molar-refractivity contribution in [2.75, 3.05) is 0 Å². The molecule has 0 saturated carbocycles. The number of hydrogen-bond acceptors (Lipinski definition) is 4. The molecular weight excluding hydrogens is 406 g/mol. The van der Waals surface area contributed by atoms with E-state index in [1.54, 1.807) is 33.9 Å². The summed E-state index contributed by atoms with van der Waals surface area (Å²) in [5.74, 6) is -5.26. The van der Waals surface area contributed by atoms with Gasteiger partial charge in [-0.1, -0.05) is 57.1 Å². The molecule has 2 aromatic heterocycles. The SMILES string of the molecule is CC(C)(C)[Si](C)(C)c1c(F)c(F)nc(C(=O)c2c(Cl)ncnc2Cl)c1F. The Labute approximate surface area is 159 Å². The molecule has 4 nitrogen and oxygen atoms in total. The Morgan fingerprint density at radius 2 is 1.54 bits per heavy atom. The molecule has 0 N–H and O–H groups in total. The molecule has 0 amide bonds. The Balaban J connectivity index is 2.80. The predicted octanol–water partition coefficient (Wildman–Crippen LogP) is 4.54. The number of halogens is 5. The maximum atomic E-state index is 15.2. The van der Waals surface area contributed by atoms with Crippen LogP contribution in [-0.2, 0) is 0 Å². The summed E-state index contributed by atoms with van der Waals surface area (Å²) in [6, 6.07) is 0. The number of carbonyl (C=O) groups is 1. The first-order valence-electron chi connectivity index (χ1n) is 7.56. The lowest BCUT2D eigenvalue weighted by molar-refractivity contribution is 0.102. The largest absolute Gasteiger partial charge is 0.286 e. The number of ketones is 1. The van der Waals surface area contributed by atoms with Crippen LogP contribution in [0.1, 0.15) is 36.8 Å². The second kappa shape index (κ2) is 6.90. The monoisotopic (exact) mass is 421 g/mol. The summed E-state index contributed by atoms with van der Waals surface area (Å²) in [4.78, 5) is 23.1. The Bertz CT molecular complexity index is 881. The van der Waals surface area contributed by atoms with Gasteiger partial charge in [-0.05, 0) is 5.04 Å². The van der Waals surface area contributed by atoms with Crippen LogP contribution in [0.25, 0.3) is 0 Å². The lowest BCUT2D eigenvalue weighted by Crippen LogP contribution is -2.53. The van der Waals surface area contributed by atoms with Gasteiger partial charge in [-0.3, -0.25) is 4.79 Å². The molecule has 0 spiro atoms. The van der Waals surface area contributed by atoms with Crippen LogP contribution in [0, 0.1) is 17.6 Å². The van der Waals surface area contributed by atoms with Gasteiger partial charge in [-0.15, -0.1) is 0 Å². The molecule has 0 saturated heterocycles. The van der Waals surface area contributed by atoms with Crippen LogP contribution in [-0.4, -0.2) is 28.8 Å². The van der Waals surface area contributed by atoms with E-state index in [4.69, 9.17) is 23.2 Å². The molecule has 2 aromatic rings. The van der Waals surface area contributed by atoms with Gasteiger partial charge in [0.2, 0.25) is 11.7 Å². The highest BCUT2D eigenvalue weighted by Crippen LogP contribution is 2.37. The fourth-order valence-corrected chi connectivity index (χ4v) is 4.79. The first kappa shape index (κ1) is 20.8. The third-order valence-electron chi connectivity index (χ3n) is 4.73. The van der Waals surface area contributed by atoms with Gasteiger partial charge in [0, 0.05) is 5.19 Å². The Hall–Kier alpha value is -1.51. The van der Waals surface area contributed by atoms with Gasteiger partial charge in [-0.2, -0.15) is 4.39 Å². The quantitative estimate of drug-likeness (QED) is 0.315. The highest BCUT2D eigenvalue weighted by molar-refractivity contribution is 6.92. The van der Waals surface area contributed by atoms with Gasteiger partial charge in [0.1, 0.15) is 16.6 Å². The minimum atomic E-state index is -2.89. The summed E-state index contributed by atoms with van der Waals surface area (Å²) in [6.07, 6.45) is 1.01. The number of aromatic nitrogens is 3. The maximum absolute atomic E-state index is 15.2. The van der Waals surface area contributed by atoms with Crippen molar-refractivity contribution in [3.63, 3.8) is 0 Å². The summed E-state index contributed by atoms with van der Waals surface area (Å²) in [7, 11) is -2.89. The van der Waals surface area contributed by atoms with Gasteiger partial charge < -0.3 is 0 Å². The van der Waals surface area contributed by atoms with E-state index in [-0.39, 0.29) is 10.3 Å². The van der Waals surface area contributed by atoms with Crippen molar-refractivity contribution in [2.45, 2.75) is 38.9 Å². The Morgan fingerprint density at radius 1 is 1.04 bits per heavy atom. The van der Waals surface area contributed by atoms with Crippen LogP contribution in [0.5, 0.6) is 0 Å². The molecular formula is C16H16Cl2F3N3OSi. The van der Waals surface area contributed by atoms with E-state index in [9.17, 15) is 13.6 Å². The van der Waals surface area contributed by atoms with E-state index in [2.05, 4.69) is 15.0 Å². The van der Waals surface area contributed by atoms with Crippen molar-refractivity contribution in [1.82, 2.24) is 15.0 Å². The lowest BCUT2D eigenvalue weighted by atomic mass is 10.1. The Morgan fingerprint density at radius 3 is 2.00 bits per heavy atom. The fraction of sp³-hybridized carbons (Fsp3) is 0.375. The van der Waals surface area contributed by atoms with E-state index in [1.807, 2.05) is 0 Å². The Kier molecular flexibility index (Phi) is 5.52. The summed E-state index contributed by atoms with van der Waals surface area (Å²) in [5.41, 5.74) is -1.32. The molecule has 2 rings (SSSR count). The first-order chi connectivity index (χ1) is 11.8. The summed E-state index contributed by atoms with van der Waals surface area (Å²) < 4.78 is 43.8. The first-order valence-corrected chi connectivity index (χ1v) is 11.3. The molecule has 0 fully saturated rings. The van der Waals surface area contributed by atoms with Crippen LogP contribution >= 0.6 is 23.2 Å². The van der Waals surface area contributed by atoms with Crippen molar-refractivity contribution >= 4 is 42.2 Å². The molecule has 0 unspecified atom stereocenters. The van der Waals surface area contributed by atoms with Crippen molar-refractivity contribution < 1.29 is 18.0 Å². The topological polar surface area (TPSA) is 55.7 Å². The average Bonchev–Trinajstić information content (AvgIpc) is 2.49. The summed E-state index contributed by atoms with van der Waals surface area (Å²) >= 11 is 11.7.